The number of halogens is 1. The number of nitrogens with zero attached hydrogens (tertiary/aromatic N) is 1. The molecule has 0 bridgehead atoms. The second kappa shape index (κ2) is 6.65. The zero-order valence-corrected chi connectivity index (χ0v) is 14.6. The molecular formula is C18H23ClN2O3. The number of carbonyl (C=O) groups excluding carboxylic acids is 1. The Balaban J connectivity index is 0.00000169. The first kappa shape index (κ1) is 17.1. The maximum Gasteiger partial charge on any atom is 0.227 e. The number of fused-ring (bicyclic) bond motifs is 2. The third-order valence-corrected chi connectivity index (χ3v) is 5.47. The van der Waals surface area contributed by atoms with Gasteiger partial charge in [-0.05, 0) is 36.8 Å². The van der Waals surface area contributed by atoms with E-state index in [2.05, 4.69) is 0 Å². The molecule has 1 saturated heterocycles. The Bertz CT molecular complexity index is 745. The number of hydrogen-bond acceptors (Lipinski definition) is 4. The number of hydrogen-bond donors (Lipinski definition) is 1. The highest BCUT2D eigenvalue weighted by Gasteiger charge is 2.42. The summed E-state index contributed by atoms with van der Waals surface area (Å²) in [5.41, 5.74) is 7.85. The molecule has 1 saturated carbocycles. The van der Waals surface area contributed by atoms with E-state index in [-0.39, 0.29) is 24.4 Å². The van der Waals surface area contributed by atoms with E-state index in [0.717, 1.165) is 48.2 Å². The highest BCUT2D eigenvalue weighted by Crippen LogP contribution is 2.37. The molecule has 130 valence electrons. The van der Waals surface area contributed by atoms with Crippen molar-refractivity contribution in [2.75, 3.05) is 20.2 Å². The summed E-state index contributed by atoms with van der Waals surface area (Å²) in [6.07, 6.45) is 4.33. The summed E-state index contributed by atoms with van der Waals surface area (Å²) in [7, 11) is 1.63. The Morgan fingerprint density at radius 3 is 2.96 bits per heavy atom. The van der Waals surface area contributed by atoms with E-state index in [1.54, 1.807) is 13.4 Å². The van der Waals surface area contributed by atoms with Crippen LogP contribution in [0.4, 0.5) is 0 Å². The number of rotatable bonds is 3. The summed E-state index contributed by atoms with van der Waals surface area (Å²) in [6, 6.07) is 5.96. The number of ether oxygens (including phenoxy) is 1. The first-order valence-corrected chi connectivity index (χ1v) is 8.23. The number of likely N-dealkylation sites (tertiary alicyclic amines) is 1. The fourth-order valence-electron chi connectivity index (χ4n) is 4.11. The van der Waals surface area contributed by atoms with Gasteiger partial charge in [0, 0.05) is 36.1 Å². The minimum atomic E-state index is 0. The van der Waals surface area contributed by atoms with Gasteiger partial charge in [0.25, 0.3) is 0 Å². The first-order chi connectivity index (χ1) is 11.2. The van der Waals surface area contributed by atoms with Gasteiger partial charge in [-0.25, -0.2) is 0 Å². The Hall–Kier alpha value is -1.72. The predicted molar refractivity (Wildman–Crippen MR) is 94.5 cm³/mol. The first-order valence-electron chi connectivity index (χ1n) is 8.23. The molecule has 3 atom stereocenters. The van der Waals surface area contributed by atoms with Gasteiger partial charge in [-0.2, -0.15) is 0 Å². The lowest BCUT2D eigenvalue weighted by Gasteiger charge is -2.18. The Labute approximate surface area is 147 Å². The third kappa shape index (κ3) is 2.87. The molecule has 0 spiro atoms. The summed E-state index contributed by atoms with van der Waals surface area (Å²) in [4.78, 5) is 14.6. The lowest BCUT2D eigenvalue weighted by molar-refractivity contribution is -0.129. The van der Waals surface area contributed by atoms with Crippen LogP contribution in [0.25, 0.3) is 11.0 Å². The number of benzene rings is 1. The van der Waals surface area contributed by atoms with Crippen LogP contribution in [-0.4, -0.2) is 37.0 Å². The van der Waals surface area contributed by atoms with Crippen LogP contribution in [0.1, 0.15) is 18.4 Å². The van der Waals surface area contributed by atoms with E-state index in [0.29, 0.717) is 18.3 Å². The molecule has 0 radical (unpaired) electrons. The summed E-state index contributed by atoms with van der Waals surface area (Å²) in [5.74, 6) is 2.01. The van der Waals surface area contributed by atoms with Gasteiger partial charge in [0.05, 0.1) is 19.8 Å². The lowest BCUT2D eigenvalue weighted by atomic mass is 9.98. The van der Waals surface area contributed by atoms with Crippen molar-refractivity contribution < 1.29 is 13.9 Å². The van der Waals surface area contributed by atoms with Crippen molar-refractivity contribution in [1.82, 2.24) is 4.90 Å². The average Bonchev–Trinajstić information content (AvgIpc) is 3.24. The van der Waals surface area contributed by atoms with Crippen molar-refractivity contribution in [2.24, 2.45) is 17.6 Å². The molecule has 1 aromatic carbocycles. The van der Waals surface area contributed by atoms with Crippen LogP contribution in [0, 0.1) is 11.8 Å². The molecule has 1 aromatic heterocycles. The van der Waals surface area contributed by atoms with Crippen LogP contribution >= 0.6 is 12.4 Å². The van der Waals surface area contributed by atoms with Gasteiger partial charge >= 0.3 is 0 Å². The minimum Gasteiger partial charge on any atom is -0.497 e. The van der Waals surface area contributed by atoms with Crippen LogP contribution in [0.5, 0.6) is 5.75 Å². The molecule has 24 heavy (non-hydrogen) atoms. The molecule has 2 N–H and O–H groups in total. The van der Waals surface area contributed by atoms with Crippen LogP contribution in [0.15, 0.2) is 28.9 Å². The molecule has 2 aromatic rings. The van der Waals surface area contributed by atoms with Crippen LogP contribution in [-0.2, 0) is 11.2 Å². The lowest BCUT2D eigenvalue weighted by Crippen LogP contribution is -2.34. The van der Waals surface area contributed by atoms with Gasteiger partial charge in [-0.1, -0.05) is 0 Å². The van der Waals surface area contributed by atoms with E-state index >= 15 is 0 Å². The van der Waals surface area contributed by atoms with Gasteiger partial charge in [0.15, 0.2) is 0 Å². The zero-order valence-electron chi connectivity index (χ0n) is 13.7. The largest absolute Gasteiger partial charge is 0.497 e. The predicted octanol–water partition coefficient (Wildman–Crippen LogP) is 2.60. The van der Waals surface area contributed by atoms with Crippen molar-refractivity contribution in [1.29, 1.82) is 0 Å². The monoisotopic (exact) mass is 350 g/mol. The molecule has 6 heteroatoms. The van der Waals surface area contributed by atoms with Crippen LogP contribution in [0.3, 0.4) is 0 Å². The second-order valence-electron chi connectivity index (χ2n) is 6.76. The highest BCUT2D eigenvalue weighted by atomic mass is 35.5. The second-order valence-corrected chi connectivity index (χ2v) is 6.76. The topological polar surface area (TPSA) is 68.7 Å². The molecular weight excluding hydrogens is 328 g/mol. The van der Waals surface area contributed by atoms with E-state index in [1.165, 1.54) is 0 Å². The van der Waals surface area contributed by atoms with Crippen molar-refractivity contribution in [2.45, 2.75) is 25.3 Å². The van der Waals surface area contributed by atoms with E-state index in [4.69, 9.17) is 14.9 Å². The maximum atomic E-state index is 12.6. The van der Waals surface area contributed by atoms with E-state index < -0.39 is 0 Å². The fraction of sp³-hybridized carbons (Fsp3) is 0.500. The third-order valence-electron chi connectivity index (χ3n) is 5.47. The summed E-state index contributed by atoms with van der Waals surface area (Å²) >= 11 is 0. The number of amides is 1. The van der Waals surface area contributed by atoms with Crippen LogP contribution in [0.2, 0.25) is 0 Å². The van der Waals surface area contributed by atoms with Gasteiger partial charge in [-0.3, -0.25) is 4.79 Å². The molecule has 1 amide bonds. The molecule has 2 fully saturated rings. The Kier molecular flexibility index (Phi) is 4.74. The smallest absolute Gasteiger partial charge is 0.227 e. The molecule has 3 unspecified atom stereocenters. The van der Waals surface area contributed by atoms with Gasteiger partial charge in [0.2, 0.25) is 5.91 Å². The normalized spacial score (nSPS) is 25.6. The quantitative estimate of drug-likeness (QED) is 0.923. The average molecular weight is 351 g/mol. The molecule has 1 aliphatic carbocycles. The van der Waals surface area contributed by atoms with E-state index in [1.807, 2.05) is 23.1 Å². The molecule has 2 aliphatic rings. The highest BCUT2D eigenvalue weighted by molar-refractivity contribution is 5.88. The zero-order chi connectivity index (χ0) is 16.0. The van der Waals surface area contributed by atoms with Crippen molar-refractivity contribution in [3.8, 4) is 5.75 Å². The minimum absolute atomic E-state index is 0. The maximum absolute atomic E-state index is 12.6. The van der Waals surface area contributed by atoms with Crippen molar-refractivity contribution in [3.05, 3.63) is 30.0 Å². The van der Waals surface area contributed by atoms with Gasteiger partial charge in [0.1, 0.15) is 11.3 Å². The molecule has 1 aliphatic heterocycles. The molecule has 5 nitrogen and oxygen atoms in total. The standard InChI is InChI=1S/C18H22N2O3.ClH/c1-22-13-3-4-14-12(10-23-17(14)7-13)6-18(21)20-8-11-2-5-16(19)15(11)9-20;/h3-4,7,10-11,15-16H,2,5-6,8-9,19H2,1H3;1H. The number of methoxy groups -OCH3 is 1. The molecule has 2 heterocycles. The van der Waals surface area contributed by atoms with Gasteiger partial charge < -0.3 is 19.8 Å². The summed E-state index contributed by atoms with van der Waals surface area (Å²) in [5, 5.41) is 0.982. The van der Waals surface area contributed by atoms with Gasteiger partial charge in [-0.15, -0.1) is 12.4 Å². The summed E-state index contributed by atoms with van der Waals surface area (Å²) in [6.45, 7) is 1.68. The number of carbonyl (C=O) groups is 1. The Morgan fingerprint density at radius 1 is 1.38 bits per heavy atom. The Morgan fingerprint density at radius 2 is 2.21 bits per heavy atom. The van der Waals surface area contributed by atoms with Crippen LogP contribution < -0.4 is 10.5 Å². The fourth-order valence-corrected chi connectivity index (χ4v) is 4.11. The number of nitrogens with two attached hydrogens (primary N) is 1. The summed E-state index contributed by atoms with van der Waals surface area (Å²) < 4.78 is 10.8. The number of furan rings is 1. The SMILES string of the molecule is COc1ccc2c(CC(=O)N3CC4CCC(N)C4C3)coc2c1.Cl. The van der Waals surface area contributed by atoms with E-state index in [9.17, 15) is 4.79 Å². The molecule has 4 rings (SSSR count). The van der Waals surface area contributed by atoms with Crippen molar-refractivity contribution >= 4 is 29.3 Å². The van der Waals surface area contributed by atoms with Crippen molar-refractivity contribution in [3.63, 3.8) is 0 Å².